The van der Waals surface area contributed by atoms with E-state index in [0.29, 0.717) is 6.04 Å². The molecule has 0 heterocycles. The van der Waals surface area contributed by atoms with E-state index in [1.54, 1.807) is 0 Å². The lowest BCUT2D eigenvalue weighted by Gasteiger charge is -2.21. The van der Waals surface area contributed by atoms with Gasteiger partial charge in [0.2, 0.25) is 0 Å². The van der Waals surface area contributed by atoms with Crippen LogP contribution in [0.5, 0.6) is 5.75 Å². The zero-order valence-corrected chi connectivity index (χ0v) is 12.8. The molecule has 1 aliphatic carbocycles. The number of hydrogen-bond acceptors (Lipinski definition) is 2. The fourth-order valence-electron chi connectivity index (χ4n) is 2.33. The number of hydrogen-bond donors (Lipinski definition) is 1. The first-order chi connectivity index (χ1) is 8.74. The Balaban J connectivity index is 2.21. The number of nitrogens with one attached hydrogen (secondary N) is 1. The highest BCUT2D eigenvalue weighted by molar-refractivity contribution is 9.10. The molecule has 1 unspecified atom stereocenters. The molecule has 100 valence electrons. The molecule has 0 bridgehead atoms. The van der Waals surface area contributed by atoms with Crippen molar-refractivity contribution in [2.75, 3.05) is 13.2 Å². The second-order valence-electron chi connectivity index (χ2n) is 4.90. The highest BCUT2D eigenvalue weighted by Gasteiger charge is 2.27. The van der Waals surface area contributed by atoms with Crippen LogP contribution in [-0.4, -0.2) is 13.2 Å². The third kappa shape index (κ3) is 3.72. The van der Waals surface area contributed by atoms with Crippen LogP contribution in [0.2, 0.25) is 0 Å². The van der Waals surface area contributed by atoms with Gasteiger partial charge in [-0.15, -0.1) is 0 Å². The van der Waals surface area contributed by atoms with E-state index in [2.05, 4.69) is 46.4 Å². The quantitative estimate of drug-likeness (QED) is 0.810. The van der Waals surface area contributed by atoms with Crippen LogP contribution in [-0.2, 0) is 0 Å². The highest BCUT2D eigenvalue weighted by Crippen LogP contribution is 2.40. The summed E-state index contributed by atoms with van der Waals surface area (Å²) in [6.07, 6.45) is 4.00. The number of rotatable bonds is 7. The van der Waals surface area contributed by atoms with Gasteiger partial charge in [0.25, 0.3) is 0 Å². The molecule has 0 aliphatic heterocycles. The Hall–Kier alpha value is -0.540. The highest BCUT2D eigenvalue weighted by atomic mass is 79.9. The van der Waals surface area contributed by atoms with Gasteiger partial charge in [0.05, 0.1) is 6.61 Å². The molecule has 18 heavy (non-hydrogen) atoms. The van der Waals surface area contributed by atoms with Gasteiger partial charge in [0.1, 0.15) is 5.75 Å². The smallest absolute Gasteiger partial charge is 0.124 e. The molecule has 2 rings (SSSR count). The average molecular weight is 312 g/mol. The topological polar surface area (TPSA) is 21.3 Å². The molecule has 2 nitrogen and oxygen atoms in total. The van der Waals surface area contributed by atoms with Gasteiger partial charge in [-0.1, -0.05) is 35.7 Å². The molecule has 0 amide bonds. The predicted octanol–water partition coefficient (Wildman–Crippen LogP) is 4.30. The lowest BCUT2D eigenvalue weighted by Crippen LogP contribution is -2.22. The van der Waals surface area contributed by atoms with Crippen LogP contribution in [0.4, 0.5) is 0 Å². The third-order valence-electron chi connectivity index (χ3n) is 3.36. The molecule has 0 saturated heterocycles. The van der Waals surface area contributed by atoms with Crippen molar-refractivity contribution in [1.29, 1.82) is 0 Å². The Kier molecular flexibility index (Phi) is 5.07. The van der Waals surface area contributed by atoms with Crippen LogP contribution in [0.25, 0.3) is 0 Å². The lowest BCUT2D eigenvalue weighted by atomic mass is 10.00. The van der Waals surface area contributed by atoms with E-state index in [1.807, 2.05) is 6.92 Å². The van der Waals surface area contributed by atoms with E-state index in [9.17, 15) is 0 Å². The molecule has 1 saturated carbocycles. The average Bonchev–Trinajstić information content (AvgIpc) is 3.15. The maximum Gasteiger partial charge on any atom is 0.124 e. The van der Waals surface area contributed by atoms with Crippen LogP contribution in [0.3, 0.4) is 0 Å². The summed E-state index contributed by atoms with van der Waals surface area (Å²) in [4.78, 5) is 0. The van der Waals surface area contributed by atoms with Gasteiger partial charge < -0.3 is 10.1 Å². The van der Waals surface area contributed by atoms with Gasteiger partial charge in [0, 0.05) is 16.1 Å². The molecule has 1 aromatic carbocycles. The van der Waals surface area contributed by atoms with Gasteiger partial charge in [-0.3, -0.25) is 0 Å². The van der Waals surface area contributed by atoms with E-state index in [4.69, 9.17) is 4.74 Å². The number of ether oxygens (including phenoxy) is 1. The Bertz CT molecular complexity index is 390. The molecule has 1 fully saturated rings. The van der Waals surface area contributed by atoms with Gasteiger partial charge >= 0.3 is 0 Å². The largest absolute Gasteiger partial charge is 0.494 e. The minimum Gasteiger partial charge on any atom is -0.494 e. The Labute approximate surface area is 118 Å². The van der Waals surface area contributed by atoms with E-state index < -0.39 is 0 Å². The molecule has 1 aromatic rings. The van der Waals surface area contributed by atoms with E-state index in [1.165, 1.54) is 24.8 Å². The fourth-order valence-corrected chi connectivity index (χ4v) is 2.71. The van der Waals surface area contributed by atoms with Crippen molar-refractivity contribution in [3.63, 3.8) is 0 Å². The van der Waals surface area contributed by atoms with Gasteiger partial charge in [-0.05, 0) is 44.0 Å². The van der Waals surface area contributed by atoms with E-state index in [0.717, 1.165) is 29.3 Å². The summed E-state index contributed by atoms with van der Waals surface area (Å²) in [5.41, 5.74) is 1.29. The van der Waals surface area contributed by atoms with Crippen LogP contribution < -0.4 is 10.1 Å². The second kappa shape index (κ2) is 6.58. The van der Waals surface area contributed by atoms with Crippen molar-refractivity contribution < 1.29 is 4.74 Å². The third-order valence-corrected chi connectivity index (χ3v) is 3.86. The predicted molar refractivity (Wildman–Crippen MR) is 79.1 cm³/mol. The molecule has 0 aromatic heterocycles. The van der Waals surface area contributed by atoms with Crippen LogP contribution in [0.1, 0.15) is 44.7 Å². The minimum absolute atomic E-state index is 0.418. The first-order valence-electron chi connectivity index (χ1n) is 6.90. The molecule has 1 atom stereocenters. The molecule has 1 N–H and O–H groups in total. The summed E-state index contributed by atoms with van der Waals surface area (Å²) in [6, 6.07) is 6.73. The number of benzene rings is 1. The summed E-state index contributed by atoms with van der Waals surface area (Å²) in [5, 5.41) is 3.60. The first-order valence-corrected chi connectivity index (χ1v) is 7.69. The summed E-state index contributed by atoms with van der Waals surface area (Å²) in [5.74, 6) is 1.93. The van der Waals surface area contributed by atoms with Crippen molar-refractivity contribution in [1.82, 2.24) is 5.32 Å². The van der Waals surface area contributed by atoms with Crippen molar-refractivity contribution >= 4 is 15.9 Å². The fraction of sp³-hybridized carbons (Fsp3) is 0.600. The number of halogens is 1. The first kappa shape index (κ1) is 13.9. The summed E-state index contributed by atoms with van der Waals surface area (Å²) in [6.45, 7) is 5.92. The maximum absolute atomic E-state index is 5.76. The van der Waals surface area contributed by atoms with E-state index in [-0.39, 0.29) is 0 Å². The molecule has 1 aliphatic rings. The molecule has 0 spiro atoms. The summed E-state index contributed by atoms with van der Waals surface area (Å²) < 4.78 is 6.89. The van der Waals surface area contributed by atoms with Crippen molar-refractivity contribution in [2.24, 2.45) is 5.92 Å². The van der Waals surface area contributed by atoms with E-state index >= 15 is 0 Å². The second-order valence-corrected chi connectivity index (χ2v) is 5.82. The SMILES string of the molecule is CCNC(CC1CC1)c1cc(Br)ccc1OCC. The minimum atomic E-state index is 0.418. The summed E-state index contributed by atoms with van der Waals surface area (Å²) in [7, 11) is 0. The van der Waals surface area contributed by atoms with Crippen LogP contribution in [0, 0.1) is 5.92 Å². The van der Waals surface area contributed by atoms with Crippen LogP contribution in [0.15, 0.2) is 22.7 Å². The van der Waals surface area contributed by atoms with Crippen molar-refractivity contribution in [2.45, 2.75) is 39.2 Å². The summed E-state index contributed by atoms with van der Waals surface area (Å²) >= 11 is 3.57. The molecular weight excluding hydrogens is 290 g/mol. The van der Waals surface area contributed by atoms with Gasteiger partial charge in [-0.2, -0.15) is 0 Å². The van der Waals surface area contributed by atoms with Crippen molar-refractivity contribution in [3.05, 3.63) is 28.2 Å². The lowest BCUT2D eigenvalue weighted by molar-refractivity contribution is 0.329. The Morgan fingerprint density at radius 2 is 2.17 bits per heavy atom. The molecular formula is C15H22BrNO. The zero-order chi connectivity index (χ0) is 13.0. The molecule has 3 heteroatoms. The van der Waals surface area contributed by atoms with Gasteiger partial charge in [0.15, 0.2) is 0 Å². The van der Waals surface area contributed by atoms with Crippen LogP contribution >= 0.6 is 15.9 Å². The maximum atomic E-state index is 5.76. The monoisotopic (exact) mass is 311 g/mol. The van der Waals surface area contributed by atoms with Crippen molar-refractivity contribution in [3.8, 4) is 5.75 Å². The standard InChI is InChI=1S/C15H22BrNO/c1-3-17-14(9-11-5-6-11)13-10-12(16)7-8-15(13)18-4-2/h7-8,10-11,14,17H,3-6,9H2,1-2H3. The Morgan fingerprint density at radius 3 is 2.78 bits per heavy atom. The normalized spacial score (nSPS) is 16.6. The molecule has 0 radical (unpaired) electrons. The van der Waals surface area contributed by atoms with Gasteiger partial charge in [-0.25, -0.2) is 0 Å². The zero-order valence-electron chi connectivity index (χ0n) is 11.2. The Morgan fingerprint density at radius 1 is 1.39 bits per heavy atom.